The summed E-state index contributed by atoms with van der Waals surface area (Å²) in [6.45, 7) is 5.15. The fraction of sp³-hybridized carbons (Fsp3) is 0.533. The van der Waals surface area contributed by atoms with Crippen molar-refractivity contribution < 1.29 is 0 Å². The minimum atomic E-state index is 0.706. The molecule has 1 saturated carbocycles. The van der Waals surface area contributed by atoms with Crippen molar-refractivity contribution in [1.29, 1.82) is 0 Å². The zero-order valence-electron chi connectivity index (χ0n) is 11.8. The molecule has 3 rings (SSSR count). The summed E-state index contributed by atoms with van der Waals surface area (Å²) < 4.78 is 0. The maximum absolute atomic E-state index is 4.81. The molecule has 0 amide bonds. The lowest BCUT2D eigenvalue weighted by Crippen LogP contribution is -2.24. The van der Waals surface area contributed by atoms with Gasteiger partial charge in [0.2, 0.25) is 0 Å². The van der Waals surface area contributed by atoms with Crippen molar-refractivity contribution in [2.45, 2.75) is 45.3 Å². The summed E-state index contributed by atoms with van der Waals surface area (Å²) in [6.07, 6.45) is 3.80. The Morgan fingerprint density at radius 2 is 2.30 bits per heavy atom. The van der Waals surface area contributed by atoms with Gasteiger partial charge >= 0.3 is 0 Å². The minimum absolute atomic E-state index is 0.706. The van der Waals surface area contributed by atoms with E-state index >= 15 is 0 Å². The van der Waals surface area contributed by atoms with Gasteiger partial charge < -0.3 is 10.2 Å². The summed E-state index contributed by atoms with van der Waals surface area (Å²) in [7, 11) is 0. The number of nitrogens with one attached hydrogen (secondary N) is 1. The molecule has 2 heterocycles. The molecule has 2 aromatic heterocycles. The van der Waals surface area contributed by atoms with Gasteiger partial charge in [0.1, 0.15) is 0 Å². The summed E-state index contributed by atoms with van der Waals surface area (Å²) in [5, 5.41) is 11.2. The third-order valence-corrected chi connectivity index (χ3v) is 5.10. The van der Waals surface area contributed by atoms with E-state index in [1.807, 2.05) is 0 Å². The van der Waals surface area contributed by atoms with Gasteiger partial charge in [0.25, 0.3) is 0 Å². The summed E-state index contributed by atoms with van der Waals surface area (Å²) in [4.78, 5) is 7.29. The molecule has 1 aliphatic carbocycles. The largest absolute Gasteiger partial charge is 0.341 e. The molecular weight excluding hydrogens is 286 g/mol. The molecule has 108 valence electrons. The Hall–Kier alpha value is -0.910. The van der Waals surface area contributed by atoms with E-state index in [4.69, 9.17) is 4.98 Å². The molecule has 2 aromatic rings. The van der Waals surface area contributed by atoms with E-state index in [-0.39, 0.29) is 0 Å². The predicted molar refractivity (Wildman–Crippen MR) is 87.6 cm³/mol. The lowest BCUT2D eigenvalue weighted by molar-refractivity contribution is 0.665. The van der Waals surface area contributed by atoms with Crippen LogP contribution in [0.3, 0.4) is 0 Å². The van der Waals surface area contributed by atoms with Crippen LogP contribution in [0, 0.1) is 0 Å². The van der Waals surface area contributed by atoms with Crippen LogP contribution in [0.25, 0.3) is 0 Å². The molecule has 0 saturated heterocycles. The lowest BCUT2D eigenvalue weighted by Gasteiger charge is -2.20. The Labute approximate surface area is 128 Å². The average molecular weight is 307 g/mol. The summed E-state index contributed by atoms with van der Waals surface area (Å²) in [5.74, 6) is 0. The normalized spacial score (nSPS) is 14.7. The van der Waals surface area contributed by atoms with Crippen molar-refractivity contribution in [1.82, 2.24) is 10.3 Å². The highest BCUT2D eigenvalue weighted by atomic mass is 32.1. The molecule has 3 nitrogen and oxygen atoms in total. The van der Waals surface area contributed by atoms with E-state index in [2.05, 4.69) is 39.3 Å². The van der Waals surface area contributed by atoms with Crippen molar-refractivity contribution in [3.8, 4) is 0 Å². The van der Waals surface area contributed by atoms with Crippen LogP contribution in [-0.2, 0) is 13.1 Å². The average Bonchev–Trinajstić information content (AvgIpc) is 2.98. The van der Waals surface area contributed by atoms with Gasteiger partial charge in [-0.25, -0.2) is 4.98 Å². The second kappa shape index (κ2) is 6.70. The first kappa shape index (κ1) is 14.0. The number of thiazole rings is 1. The molecule has 0 aromatic carbocycles. The molecule has 0 aliphatic heterocycles. The van der Waals surface area contributed by atoms with E-state index < -0.39 is 0 Å². The highest BCUT2D eigenvalue weighted by Crippen LogP contribution is 2.35. The van der Waals surface area contributed by atoms with E-state index in [1.54, 1.807) is 22.7 Å². The van der Waals surface area contributed by atoms with Crippen LogP contribution in [0.4, 0.5) is 5.13 Å². The van der Waals surface area contributed by atoms with E-state index in [9.17, 15) is 0 Å². The van der Waals surface area contributed by atoms with Crippen LogP contribution in [0.2, 0.25) is 0 Å². The highest BCUT2D eigenvalue weighted by Gasteiger charge is 2.31. The van der Waals surface area contributed by atoms with Gasteiger partial charge in [0.05, 0.1) is 5.69 Å². The van der Waals surface area contributed by atoms with Gasteiger partial charge in [0, 0.05) is 24.5 Å². The van der Waals surface area contributed by atoms with Crippen LogP contribution in [0.1, 0.15) is 37.4 Å². The van der Waals surface area contributed by atoms with Crippen molar-refractivity contribution in [2.75, 3.05) is 11.4 Å². The van der Waals surface area contributed by atoms with Crippen LogP contribution >= 0.6 is 22.7 Å². The fourth-order valence-electron chi connectivity index (χ4n) is 2.22. The monoisotopic (exact) mass is 307 g/mol. The number of aromatic nitrogens is 1. The summed E-state index contributed by atoms with van der Waals surface area (Å²) >= 11 is 3.56. The molecule has 0 radical (unpaired) electrons. The van der Waals surface area contributed by atoms with Crippen molar-refractivity contribution in [3.63, 3.8) is 0 Å². The predicted octanol–water partition coefficient (Wildman–Crippen LogP) is 3.87. The van der Waals surface area contributed by atoms with Gasteiger partial charge in [0.15, 0.2) is 5.13 Å². The van der Waals surface area contributed by atoms with Crippen LogP contribution in [0.5, 0.6) is 0 Å². The molecule has 1 N–H and O–H groups in total. The molecule has 1 fully saturated rings. The van der Waals surface area contributed by atoms with Gasteiger partial charge in [-0.1, -0.05) is 6.92 Å². The van der Waals surface area contributed by atoms with E-state index in [0.717, 1.165) is 19.6 Å². The fourth-order valence-corrected chi connectivity index (χ4v) is 3.78. The molecule has 0 unspecified atom stereocenters. The molecule has 0 bridgehead atoms. The molecule has 5 heteroatoms. The third kappa shape index (κ3) is 3.59. The zero-order chi connectivity index (χ0) is 13.8. The maximum atomic E-state index is 4.81. The first-order valence-corrected chi connectivity index (χ1v) is 9.12. The van der Waals surface area contributed by atoms with Gasteiger partial charge in [-0.2, -0.15) is 11.3 Å². The Kier molecular flexibility index (Phi) is 4.70. The number of thiophene rings is 1. The minimum Gasteiger partial charge on any atom is -0.341 e. The summed E-state index contributed by atoms with van der Waals surface area (Å²) in [6, 6.07) is 2.93. The second-order valence-electron chi connectivity index (χ2n) is 5.29. The maximum Gasteiger partial charge on any atom is 0.186 e. The van der Waals surface area contributed by atoms with Crippen LogP contribution in [0.15, 0.2) is 22.2 Å². The van der Waals surface area contributed by atoms with Gasteiger partial charge in [-0.05, 0) is 48.2 Å². The van der Waals surface area contributed by atoms with Gasteiger partial charge in [-0.15, -0.1) is 11.3 Å². The molecular formula is C15H21N3S2. The number of hydrogen-bond acceptors (Lipinski definition) is 5. The standard InChI is InChI=1S/C15H21N3S2/c1-2-6-16-8-13-11-20-15(17-13)18(14-3-4-14)9-12-5-7-19-10-12/h5,7,10-11,14,16H,2-4,6,8-9H2,1H3. The number of hydrogen-bond donors (Lipinski definition) is 1. The zero-order valence-corrected chi connectivity index (χ0v) is 13.5. The summed E-state index contributed by atoms with van der Waals surface area (Å²) in [5.41, 5.74) is 2.58. The van der Waals surface area contributed by atoms with Crippen LogP contribution < -0.4 is 10.2 Å². The number of anilines is 1. The first-order valence-electron chi connectivity index (χ1n) is 7.29. The Bertz CT molecular complexity index is 517. The van der Waals surface area contributed by atoms with Gasteiger partial charge in [-0.3, -0.25) is 0 Å². The topological polar surface area (TPSA) is 28.2 Å². The molecule has 0 spiro atoms. The number of rotatable bonds is 8. The van der Waals surface area contributed by atoms with Crippen LogP contribution in [-0.4, -0.2) is 17.6 Å². The Morgan fingerprint density at radius 1 is 1.40 bits per heavy atom. The lowest BCUT2D eigenvalue weighted by atomic mass is 10.3. The highest BCUT2D eigenvalue weighted by molar-refractivity contribution is 7.13. The van der Waals surface area contributed by atoms with E-state index in [0.29, 0.717) is 6.04 Å². The molecule has 20 heavy (non-hydrogen) atoms. The Morgan fingerprint density at radius 3 is 3.00 bits per heavy atom. The third-order valence-electron chi connectivity index (χ3n) is 3.44. The second-order valence-corrected chi connectivity index (χ2v) is 6.91. The smallest absolute Gasteiger partial charge is 0.186 e. The number of nitrogens with zero attached hydrogens (tertiary/aromatic N) is 2. The van der Waals surface area contributed by atoms with Crippen molar-refractivity contribution in [2.24, 2.45) is 0 Å². The molecule has 1 aliphatic rings. The van der Waals surface area contributed by atoms with Crippen molar-refractivity contribution in [3.05, 3.63) is 33.5 Å². The Balaban J connectivity index is 1.65. The quantitative estimate of drug-likeness (QED) is 0.750. The van der Waals surface area contributed by atoms with Crippen molar-refractivity contribution >= 4 is 27.8 Å². The molecule has 0 atom stereocenters. The first-order chi connectivity index (χ1) is 9.86. The SMILES string of the molecule is CCCNCc1csc(N(Cc2ccsc2)C2CC2)n1. The van der Waals surface area contributed by atoms with E-state index in [1.165, 1.54) is 35.7 Å².